The van der Waals surface area contributed by atoms with Gasteiger partial charge in [0.2, 0.25) is 5.91 Å². The number of carbonyl (C=O) groups is 2. The summed E-state index contributed by atoms with van der Waals surface area (Å²) in [5, 5.41) is 23.1. The number of aliphatic hydroxyl groups excluding tert-OH is 2. The number of carbonyl (C=O) groups excluding carboxylic acids is 2. The minimum Gasteiger partial charge on any atom is -0.466 e. The molecule has 0 saturated carbocycles. The van der Waals surface area contributed by atoms with Crippen LogP contribution in [-0.4, -0.2) is 47.4 Å². The Morgan fingerprint density at radius 1 is 0.364 bits per heavy atom. The molecule has 2 atom stereocenters. The fourth-order valence-corrected chi connectivity index (χ4v) is 10.3. The lowest BCUT2D eigenvalue weighted by Crippen LogP contribution is -2.45. The first kappa shape index (κ1) is 74.6. The van der Waals surface area contributed by atoms with E-state index in [0.717, 1.165) is 57.8 Å². The van der Waals surface area contributed by atoms with E-state index in [2.05, 4.69) is 67.8 Å². The highest BCUT2D eigenvalue weighted by atomic mass is 16.5. The molecule has 0 heterocycles. The van der Waals surface area contributed by atoms with Gasteiger partial charge in [0.25, 0.3) is 0 Å². The second-order valence-electron chi connectivity index (χ2n) is 23.1. The molecule has 0 fully saturated rings. The van der Waals surface area contributed by atoms with Crippen molar-refractivity contribution in [2.45, 2.75) is 366 Å². The smallest absolute Gasteiger partial charge is 0.305 e. The summed E-state index contributed by atoms with van der Waals surface area (Å²) in [5.41, 5.74) is 0. The van der Waals surface area contributed by atoms with Crippen LogP contribution in [0.1, 0.15) is 354 Å². The molecule has 0 aromatic heterocycles. The van der Waals surface area contributed by atoms with Crippen molar-refractivity contribution >= 4 is 11.9 Å². The number of ether oxygens (including phenoxy) is 1. The maximum atomic E-state index is 12.5. The van der Waals surface area contributed by atoms with Crippen molar-refractivity contribution in [3.63, 3.8) is 0 Å². The highest BCUT2D eigenvalue weighted by Crippen LogP contribution is 2.17. The van der Waals surface area contributed by atoms with Crippen molar-refractivity contribution in [3.8, 4) is 0 Å². The maximum absolute atomic E-state index is 12.5. The largest absolute Gasteiger partial charge is 0.466 e. The van der Waals surface area contributed by atoms with E-state index in [4.69, 9.17) is 4.74 Å². The van der Waals surface area contributed by atoms with E-state index in [9.17, 15) is 19.8 Å². The lowest BCUT2D eigenvalue weighted by Gasteiger charge is -2.20. The van der Waals surface area contributed by atoms with Gasteiger partial charge in [0.15, 0.2) is 0 Å². The van der Waals surface area contributed by atoms with E-state index in [1.165, 1.54) is 270 Å². The quantitative estimate of drug-likeness (QED) is 0.0320. The molecule has 6 heteroatoms. The zero-order valence-electron chi connectivity index (χ0n) is 51.4. The highest BCUT2D eigenvalue weighted by molar-refractivity contribution is 5.76. The molecule has 77 heavy (non-hydrogen) atoms. The van der Waals surface area contributed by atoms with E-state index in [1.54, 1.807) is 6.08 Å². The van der Waals surface area contributed by atoms with Crippen LogP contribution in [0.2, 0.25) is 0 Å². The Bertz CT molecular complexity index is 1340. The van der Waals surface area contributed by atoms with Gasteiger partial charge >= 0.3 is 5.97 Å². The van der Waals surface area contributed by atoms with Gasteiger partial charge in [-0.2, -0.15) is 0 Å². The maximum Gasteiger partial charge on any atom is 0.305 e. The van der Waals surface area contributed by atoms with Gasteiger partial charge in [0, 0.05) is 12.8 Å². The summed E-state index contributed by atoms with van der Waals surface area (Å²) in [6.07, 6.45) is 87.1. The average molecular weight is 1080 g/mol. The zero-order valence-corrected chi connectivity index (χ0v) is 51.4. The molecule has 0 aliphatic heterocycles. The van der Waals surface area contributed by atoms with E-state index in [-0.39, 0.29) is 18.5 Å². The fourth-order valence-electron chi connectivity index (χ4n) is 10.3. The van der Waals surface area contributed by atoms with Crippen molar-refractivity contribution in [3.05, 3.63) is 60.8 Å². The van der Waals surface area contributed by atoms with Crippen LogP contribution in [0, 0.1) is 0 Å². The van der Waals surface area contributed by atoms with Crippen LogP contribution in [0.4, 0.5) is 0 Å². The van der Waals surface area contributed by atoms with Crippen LogP contribution in [0.3, 0.4) is 0 Å². The Balaban J connectivity index is 3.42. The zero-order chi connectivity index (χ0) is 55.7. The van der Waals surface area contributed by atoms with E-state index >= 15 is 0 Å². The van der Waals surface area contributed by atoms with Crippen LogP contribution >= 0.6 is 0 Å². The molecule has 0 aliphatic rings. The number of allylic oxidation sites excluding steroid dienone is 9. The molecule has 0 aromatic carbocycles. The first-order valence-corrected chi connectivity index (χ1v) is 34.1. The second-order valence-corrected chi connectivity index (χ2v) is 23.1. The molecule has 2 unspecified atom stereocenters. The van der Waals surface area contributed by atoms with Crippen molar-refractivity contribution in [1.29, 1.82) is 0 Å². The van der Waals surface area contributed by atoms with Crippen molar-refractivity contribution < 1.29 is 24.5 Å². The van der Waals surface area contributed by atoms with Crippen LogP contribution in [0.5, 0.6) is 0 Å². The number of esters is 1. The molecule has 0 saturated heterocycles. The lowest BCUT2D eigenvalue weighted by atomic mass is 10.0. The SMILES string of the molecule is CCCCC/C=C\C/C=C\CCCCCCCCCCCC(=O)OCCCCCCCCCCC/C=C\C/C=C\CCCCCCCCCCCCCC(=O)NC(CO)C(O)/C=C/CCCCCCCCCCCCCC. The van der Waals surface area contributed by atoms with Gasteiger partial charge in [0.05, 0.1) is 25.4 Å². The number of nitrogens with one attached hydrogen (secondary N) is 1. The summed E-state index contributed by atoms with van der Waals surface area (Å²) in [7, 11) is 0. The number of hydrogen-bond acceptors (Lipinski definition) is 5. The van der Waals surface area contributed by atoms with Gasteiger partial charge in [-0.3, -0.25) is 9.59 Å². The molecule has 0 aliphatic carbocycles. The molecular weight excluding hydrogens is 947 g/mol. The predicted octanol–water partition coefficient (Wildman–Crippen LogP) is 21.9. The van der Waals surface area contributed by atoms with Gasteiger partial charge in [-0.15, -0.1) is 0 Å². The van der Waals surface area contributed by atoms with Crippen LogP contribution in [0.15, 0.2) is 60.8 Å². The van der Waals surface area contributed by atoms with E-state index < -0.39 is 12.1 Å². The summed E-state index contributed by atoms with van der Waals surface area (Å²) in [6.45, 7) is 4.88. The third kappa shape index (κ3) is 62.6. The second kappa shape index (κ2) is 66.1. The van der Waals surface area contributed by atoms with Crippen LogP contribution < -0.4 is 5.32 Å². The Labute approximate surface area is 479 Å². The number of rotatable bonds is 63. The summed E-state index contributed by atoms with van der Waals surface area (Å²) in [5.74, 6) is -0.0646. The summed E-state index contributed by atoms with van der Waals surface area (Å²) >= 11 is 0. The molecule has 3 N–H and O–H groups in total. The fraction of sp³-hybridized carbons (Fsp3) is 0.831. The van der Waals surface area contributed by atoms with Crippen LogP contribution in [0.25, 0.3) is 0 Å². The number of aliphatic hydroxyl groups is 2. The summed E-state index contributed by atoms with van der Waals surface area (Å²) < 4.78 is 5.50. The normalized spacial score (nSPS) is 12.9. The summed E-state index contributed by atoms with van der Waals surface area (Å²) in [4.78, 5) is 24.6. The average Bonchev–Trinajstić information content (AvgIpc) is 3.43. The van der Waals surface area contributed by atoms with Gasteiger partial charge in [-0.1, -0.05) is 306 Å². The molecule has 0 rings (SSSR count). The molecule has 0 aromatic rings. The molecule has 0 radical (unpaired) electrons. The monoisotopic (exact) mass is 1080 g/mol. The molecule has 0 bridgehead atoms. The Morgan fingerprint density at radius 3 is 1.01 bits per heavy atom. The number of hydrogen-bond donors (Lipinski definition) is 3. The van der Waals surface area contributed by atoms with Crippen LogP contribution in [-0.2, 0) is 14.3 Å². The van der Waals surface area contributed by atoms with Gasteiger partial charge in [-0.25, -0.2) is 0 Å². The molecular formula is C71H131NO5. The Hall–Kier alpha value is -2.44. The van der Waals surface area contributed by atoms with Gasteiger partial charge in [-0.05, 0) is 96.3 Å². The molecule has 450 valence electrons. The minimum atomic E-state index is -0.847. The molecule has 6 nitrogen and oxygen atoms in total. The van der Waals surface area contributed by atoms with E-state index in [0.29, 0.717) is 19.4 Å². The third-order valence-corrected chi connectivity index (χ3v) is 15.5. The first-order chi connectivity index (χ1) is 38.0. The standard InChI is InChI=1S/C71H131NO5/c1-3-5-7-9-11-13-15-17-19-20-30-34-37-41-45-49-53-57-61-65-71(76)77-66-62-58-54-50-46-42-38-35-32-29-27-25-23-21-22-24-26-28-31-33-36-40-44-48-52-56-60-64-70(75)72-68(67-73)69(74)63-59-55-51-47-43-39-18-16-14-12-10-8-6-4-2/h11,13,17,19,21-22,25,27,59,63,68-69,73-74H,3-10,12,14-16,18,20,23-24,26,28-58,60-62,64-67H2,1-2H3,(H,72,75)/b13-11-,19-17-,22-21-,27-25-,63-59+. The lowest BCUT2D eigenvalue weighted by molar-refractivity contribution is -0.143. The topological polar surface area (TPSA) is 95.9 Å². The minimum absolute atomic E-state index is 0.00620. The molecule has 1 amide bonds. The molecule has 0 spiro atoms. The predicted molar refractivity (Wildman–Crippen MR) is 338 cm³/mol. The third-order valence-electron chi connectivity index (χ3n) is 15.5. The number of amides is 1. The van der Waals surface area contributed by atoms with Crippen molar-refractivity contribution in [1.82, 2.24) is 5.32 Å². The van der Waals surface area contributed by atoms with E-state index in [1.807, 2.05) is 6.08 Å². The first-order valence-electron chi connectivity index (χ1n) is 34.1. The van der Waals surface area contributed by atoms with Crippen molar-refractivity contribution in [2.75, 3.05) is 13.2 Å². The Morgan fingerprint density at radius 2 is 0.649 bits per heavy atom. The van der Waals surface area contributed by atoms with Gasteiger partial charge < -0.3 is 20.3 Å². The Kier molecular flexibility index (Phi) is 64.0. The van der Waals surface area contributed by atoms with Gasteiger partial charge in [0.1, 0.15) is 0 Å². The van der Waals surface area contributed by atoms with Crippen molar-refractivity contribution in [2.24, 2.45) is 0 Å². The highest BCUT2D eigenvalue weighted by Gasteiger charge is 2.18. The number of unbranched alkanes of at least 4 members (excludes halogenated alkanes) is 44. The summed E-state index contributed by atoms with van der Waals surface area (Å²) in [6, 6.07) is -0.631.